The number of aromatic amines is 1. The number of aromatic nitrogens is 1. The van der Waals surface area contributed by atoms with Gasteiger partial charge in [0.05, 0.1) is 5.92 Å². The highest BCUT2D eigenvalue weighted by molar-refractivity contribution is 5.76. The highest BCUT2D eigenvalue weighted by atomic mass is 16.4. The molecule has 3 heteroatoms. The van der Waals surface area contributed by atoms with Crippen molar-refractivity contribution in [3.8, 4) is 0 Å². The molecule has 0 spiro atoms. The third kappa shape index (κ3) is 1.34. The molecule has 3 nitrogen and oxygen atoms in total. The molecule has 1 aromatic heterocycles. The number of fused-ring (bicyclic) bond motifs is 1. The molecule has 13 heavy (non-hydrogen) atoms. The van der Waals surface area contributed by atoms with E-state index in [0.29, 0.717) is 5.92 Å². The predicted octanol–water partition coefficient (Wildman–Crippen LogP) is 1.77. The van der Waals surface area contributed by atoms with Crippen molar-refractivity contribution in [2.75, 3.05) is 0 Å². The molecular formula is C10H13NO2. The Hall–Kier alpha value is -1.25. The Kier molecular flexibility index (Phi) is 1.87. The normalized spacial score (nSPS) is 26.8. The summed E-state index contributed by atoms with van der Waals surface area (Å²) in [6.07, 6.45) is 3.57. The fourth-order valence-electron chi connectivity index (χ4n) is 2.11. The Morgan fingerprint density at radius 2 is 2.46 bits per heavy atom. The third-order valence-electron chi connectivity index (χ3n) is 2.73. The van der Waals surface area contributed by atoms with Crippen molar-refractivity contribution in [1.82, 2.24) is 4.98 Å². The Morgan fingerprint density at radius 1 is 1.69 bits per heavy atom. The number of aliphatic carboxylic acids is 1. The molecule has 1 heterocycles. The number of nitrogens with one attached hydrogen (secondary N) is 1. The van der Waals surface area contributed by atoms with Crippen molar-refractivity contribution in [3.63, 3.8) is 0 Å². The number of H-pyrrole nitrogens is 1. The zero-order valence-corrected chi connectivity index (χ0v) is 7.58. The van der Waals surface area contributed by atoms with Crippen molar-refractivity contribution in [1.29, 1.82) is 0 Å². The fourth-order valence-corrected chi connectivity index (χ4v) is 2.11. The molecule has 0 aromatic carbocycles. The molecule has 2 unspecified atom stereocenters. The van der Waals surface area contributed by atoms with Gasteiger partial charge in [-0.05, 0) is 30.4 Å². The molecule has 0 saturated heterocycles. The fraction of sp³-hybridized carbons (Fsp3) is 0.500. The van der Waals surface area contributed by atoms with Gasteiger partial charge in [0, 0.05) is 11.9 Å². The van der Waals surface area contributed by atoms with Crippen LogP contribution in [0.1, 0.15) is 30.5 Å². The standard InChI is InChI=1S/C10H13NO2/c1-6-4-8(10(12)13)7-2-3-11-9(7)5-6/h2-3,6,8,11H,4-5H2,1H3,(H,12,13). The molecule has 2 atom stereocenters. The first-order valence-electron chi connectivity index (χ1n) is 4.57. The van der Waals surface area contributed by atoms with Gasteiger partial charge in [0.2, 0.25) is 0 Å². The van der Waals surface area contributed by atoms with E-state index in [0.717, 1.165) is 24.1 Å². The number of hydrogen-bond acceptors (Lipinski definition) is 1. The minimum atomic E-state index is -0.701. The van der Waals surface area contributed by atoms with Crippen LogP contribution < -0.4 is 0 Å². The summed E-state index contributed by atoms with van der Waals surface area (Å²) in [6.45, 7) is 2.10. The summed E-state index contributed by atoms with van der Waals surface area (Å²) >= 11 is 0. The third-order valence-corrected chi connectivity index (χ3v) is 2.73. The molecule has 70 valence electrons. The maximum absolute atomic E-state index is 10.9. The summed E-state index contributed by atoms with van der Waals surface area (Å²) in [6, 6.07) is 1.89. The number of carboxylic acids is 1. The van der Waals surface area contributed by atoms with Crippen LogP contribution >= 0.6 is 0 Å². The second-order valence-corrected chi connectivity index (χ2v) is 3.85. The molecule has 0 fully saturated rings. The highest BCUT2D eigenvalue weighted by Crippen LogP contribution is 2.34. The van der Waals surface area contributed by atoms with E-state index < -0.39 is 5.97 Å². The van der Waals surface area contributed by atoms with Gasteiger partial charge in [-0.1, -0.05) is 6.92 Å². The minimum absolute atomic E-state index is 0.301. The lowest BCUT2D eigenvalue weighted by Gasteiger charge is -2.24. The van der Waals surface area contributed by atoms with Crippen LogP contribution in [-0.2, 0) is 11.2 Å². The topological polar surface area (TPSA) is 53.1 Å². The molecule has 0 radical (unpaired) electrons. The number of hydrogen-bond donors (Lipinski definition) is 2. The van der Waals surface area contributed by atoms with Gasteiger partial charge in [-0.25, -0.2) is 0 Å². The summed E-state index contributed by atoms with van der Waals surface area (Å²) in [7, 11) is 0. The molecule has 0 bridgehead atoms. The van der Waals surface area contributed by atoms with Crippen LogP contribution in [0, 0.1) is 5.92 Å². The molecule has 1 aliphatic carbocycles. The lowest BCUT2D eigenvalue weighted by atomic mass is 9.81. The van der Waals surface area contributed by atoms with Crippen LogP contribution in [0.5, 0.6) is 0 Å². The first-order valence-corrected chi connectivity index (χ1v) is 4.57. The van der Waals surface area contributed by atoms with Crippen LogP contribution in [0.15, 0.2) is 12.3 Å². The molecule has 1 aromatic rings. The van der Waals surface area contributed by atoms with Gasteiger partial charge in [-0.2, -0.15) is 0 Å². The monoisotopic (exact) mass is 179 g/mol. The molecule has 2 rings (SSSR count). The molecule has 0 amide bonds. The molecular weight excluding hydrogens is 166 g/mol. The van der Waals surface area contributed by atoms with Gasteiger partial charge in [0.25, 0.3) is 0 Å². The molecule has 2 N–H and O–H groups in total. The number of carbonyl (C=O) groups is 1. The first-order chi connectivity index (χ1) is 6.18. The minimum Gasteiger partial charge on any atom is -0.481 e. The van der Waals surface area contributed by atoms with E-state index in [1.165, 1.54) is 0 Å². The van der Waals surface area contributed by atoms with Gasteiger partial charge in [-0.15, -0.1) is 0 Å². The van der Waals surface area contributed by atoms with E-state index in [4.69, 9.17) is 5.11 Å². The van der Waals surface area contributed by atoms with Crippen molar-refractivity contribution in [2.45, 2.75) is 25.7 Å². The van der Waals surface area contributed by atoms with Crippen LogP contribution in [0.25, 0.3) is 0 Å². The Bertz CT molecular complexity index is 329. The number of rotatable bonds is 1. The molecule has 0 saturated carbocycles. The second kappa shape index (κ2) is 2.91. The maximum atomic E-state index is 10.9. The zero-order valence-electron chi connectivity index (χ0n) is 7.58. The smallest absolute Gasteiger partial charge is 0.311 e. The highest BCUT2D eigenvalue weighted by Gasteiger charge is 2.30. The summed E-state index contributed by atoms with van der Waals surface area (Å²) < 4.78 is 0. The van der Waals surface area contributed by atoms with Gasteiger partial charge in [-0.3, -0.25) is 4.79 Å². The lowest BCUT2D eigenvalue weighted by Crippen LogP contribution is -2.21. The second-order valence-electron chi connectivity index (χ2n) is 3.85. The number of carboxylic acid groups (broad SMARTS) is 1. The van der Waals surface area contributed by atoms with Gasteiger partial charge >= 0.3 is 5.97 Å². The lowest BCUT2D eigenvalue weighted by molar-refractivity contribution is -0.139. The molecule has 1 aliphatic rings. The van der Waals surface area contributed by atoms with E-state index in [-0.39, 0.29) is 5.92 Å². The Morgan fingerprint density at radius 3 is 3.15 bits per heavy atom. The van der Waals surface area contributed by atoms with Crippen LogP contribution in [0.2, 0.25) is 0 Å². The van der Waals surface area contributed by atoms with Crippen LogP contribution in [-0.4, -0.2) is 16.1 Å². The summed E-state index contributed by atoms with van der Waals surface area (Å²) in [5.74, 6) is -0.537. The predicted molar refractivity (Wildman–Crippen MR) is 48.7 cm³/mol. The zero-order chi connectivity index (χ0) is 9.42. The first kappa shape index (κ1) is 8.35. The summed E-state index contributed by atoms with van der Waals surface area (Å²) in [5.41, 5.74) is 2.08. The Labute approximate surface area is 76.8 Å². The largest absolute Gasteiger partial charge is 0.481 e. The van der Waals surface area contributed by atoms with E-state index >= 15 is 0 Å². The SMILES string of the molecule is CC1Cc2[nH]ccc2C(C(=O)O)C1. The van der Waals surface area contributed by atoms with E-state index in [1.54, 1.807) is 0 Å². The van der Waals surface area contributed by atoms with E-state index in [2.05, 4.69) is 11.9 Å². The summed E-state index contributed by atoms with van der Waals surface area (Å²) in [5, 5.41) is 9.01. The Balaban J connectivity index is 2.38. The van der Waals surface area contributed by atoms with Crippen LogP contribution in [0.3, 0.4) is 0 Å². The van der Waals surface area contributed by atoms with Gasteiger partial charge in [0.1, 0.15) is 0 Å². The molecule has 0 aliphatic heterocycles. The van der Waals surface area contributed by atoms with Gasteiger partial charge < -0.3 is 10.1 Å². The van der Waals surface area contributed by atoms with E-state index in [9.17, 15) is 4.79 Å². The maximum Gasteiger partial charge on any atom is 0.311 e. The summed E-state index contributed by atoms with van der Waals surface area (Å²) in [4.78, 5) is 14.1. The average molecular weight is 179 g/mol. The van der Waals surface area contributed by atoms with Crippen LogP contribution in [0.4, 0.5) is 0 Å². The van der Waals surface area contributed by atoms with Crippen molar-refractivity contribution >= 4 is 5.97 Å². The van der Waals surface area contributed by atoms with Crippen molar-refractivity contribution < 1.29 is 9.90 Å². The average Bonchev–Trinajstić information content (AvgIpc) is 2.49. The van der Waals surface area contributed by atoms with Gasteiger partial charge in [0.15, 0.2) is 0 Å². The van der Waals surface area contributed by atoms with Crippen molar-refractivity contribution in [2.24, 2.45) is 5.92 Å². The van der Waals surface area contributed by atoms with Crippen molar-refractivity contribution in [3.05, 3.63) is 23.5 Å². The quantitative estimate of drug-likeness (QED) is 0.690. The van der Waals surface area contributed by atoms with E-state index in [1.807, 2.05) is 12.3 Å².